The maximum atomic E-state index is 13.6. The van der Waals surface area contributed by atoms with Gasteiger partial charge in [-0.2, -0.15) is 0 Å². The van der Waals surface area contributed by atoms with Crippen LogP contribution in [0.15, 0.2) is 24.3 Å². The van der Waals surface area contributed by atoms with E-state index in [9.17, 15) is 14.0 Å². The van der Waals surface area contributed by atoms with Gasteiger partial charge in [0.05, 0.1) is 17.7 Å². The van der Waals surface area contributed by atoms with E-state index in [0.29, 0.717) is 17.7 Å². The van der Waals surface area contributed by atoms with Crippen molar-refractivity contribution in [2.24, 2.45) is 0 Å². The molecule has 138 valence electrons. The SMILES string of the molecule is CC[C@@H](Oc1cc(C)c(F)c(Cl)c1)C(=O)NC(C)(C)/C=C/C(=O)OC. The number of nitrogens with one attached hydrogen (secondary N) is 1. The van der Waals surface area contributed by atoms with Gasteiger partial charge in [0.2, 0.25) is 0 Å². The molecule has 5 nitrogen and oxygen atoms in total. The molecule has 0 aliphatic carbocycles. The third kappa shape index (κ3) is 6.38. The predicted octanol–water partition coefficient (Wildman–Crippen LogP) is 3.57. The van der Waals surface area contributed by atoms with Gasteiger partial charge in [0.1, 0.15) is 11.6 Å². The molecule has 0 heterocycles. The van der Waals surface area contributed by atoms with Gasteiger partial charge in [0, 0.05) is 12.1 Å². The van der Waals surface area contributed by atoms with Gasteiger partial charge < -0.3 is 14.8 Å². The smallest absolute Gasteiger partial charge is 0.330 e. The summed E-state index contributed by atoms with van der Waals surface area (Å²) < 4.78 is 23.8. The first-order chi connectivity index (χ1) is 11.6. The van der Waals surface area contributed by atoms with Crippen molar-refractivity contribution < 1.29 is 23.5 Å². The highest BCUT2D eigenvalue weighted by Crippen LogP contribution is 2.26. The Kier molecular flexibility index (Phi) is 7.42. The second-order valence-electron chi connectivity index (χ2n) is 6.12. The molecule has 0 saturated heterocycles. The number of aryl methyl sites for hydroxylation is 1. The number of halogens is 2. The monoisotopic (exact) mass is 371 g/mol. The lowest BCUT2D eigenvalue weighted by Gasteiger charge is -2.26. The van der Waals surface area contributed by atoms with Crippen LogP contribution in [0.3, 0.4) is 0 Å². The van der Waals surface area contributed by atoms with Gasteiger partial charge in [-0.25, -0.2) is 9.18 Å². The Morgan fingerprint density at radius 2 is 2.04 bits per heavy atom. The molecular formula is C18H23ClFNO4. The van der Waals surface area contributed by atoms with Crippen LogP contribution in [0.25, 0.3) is 0 Å². The molecule has 0 aromatic heterocycles. The number of benzene rings is 1. The van der Waals surface area contributed by atoms with Crippen molar-refractivity contribution in [1.82, 2.24) is 5.32 Å². The molecule has 7 heteroatoms. The second kappa shape index (κ2) is 8.85. The van der Waals surface area contributed by atoms with E-state index in [4.69, 9.17) is 16.3 Å². The number of hydrogen-bond donors (Lipinski definition) is 1. The van der Waals surface area contributed by atoms with Crippen LogP contribution in [0.4, 0.5) is 4.39 Å². The van der Waals surface area contributed by atoms with E-state index in [1.165, 1.54) is 31.4 Å². The van der Waals surface area contributed by atoms with E-state index in [1.807, 2.05) is 0 Å². The first kappa shape index (κ1) is 21.0. The Morgan fingerprint density at radius 1 is 1.40 bits per heavy atom. The Labute approximate surface area is 152 Å². The van der Waals surface area contributed by atoms with E-state index < -0.39 is 23.4 Å². The Hall–Kier alpha value is -2.08. The summed E-state index contributed by atoms with van der Waals surface area (Å²) in [5.41, 5.74) is -0.447. The van der Waals surface area contributed by atoms with E-state index in [2.05, 4.69) is 10.1 Å². The highest BCUT2D eigenvalue weighted by atomic mass is 35.5. The topological polar surface area (TPSA) is 64.6 Å². The summed E-state index contributed by atoms with van der Waals surface area (Å²) in [6.07, 6.45) is 2.39. The Morgan fingerprint density at radius 3 is 2.56 bits per heavy atom. The fourth-order valence-corrected chi connectivity index (χ4v) is 2.29. The van der Waals surface area contributed by atoms with Gasteiger partial charge in [-0.3, -0.25) is 4.79 Å². The summed E-state index contributed by atoms with van der Waals surface area (Å²) in [5.74, 6) is -1.07. The lowest BCUT2D eigenvalue weighted by molar-refractivity contribution is -0.135. The fourth-order valence-electron chi connectivity index (χ4n) is 2.03. The molecule has 0 bridgehead atoms. The first-order valence-corrected chi connectivity index (χ1v) is 8.19. The molecule has 0 radical (unpaired) electrons. The van der Waals surface area contributed by atoms with E-state index in [0.717, 1.165) is 0 Å². The van der Waals surface area contributed by atoms with Crippen LogP contribution in [0, 0.1) is 12.7 Å². The normalized spacial score (nSPS) is 12.8. The van der Waals surface area contributed by atoms with Crippen molar-refractivity contribution in [3.05, 3.63) is 40.7 Å². The maximum Gasteiger partial charge on any atom is 0.330 e. The minimum absolute atomic E-state index is 0.0633. The number of hydrogen-bond acceptors (Lipinski definition) is 4. The van der Waals surface area contributed by atoms with Crippen molar-refractivity contribution in [3.8, 4) is 5.75 Å². The summed E-state index contributed by atoms with van der Waals surface area (Å²) in [6, 6.07) is 2.82. The van der Waals surface area contributed by atoms with Gasteiger partial charge >= 0.3 is 5.97 Å². The van der Waals surface area contributed by atoms with Gasteiger partial charge in [-0.15, -0.1) is 0 Å². The minimum Gasteiger partial charge on any atom is -0.481 e. The summed E-state index contributed by atoms with van der Waals surface area (Å²) in [6.45, 7) is 6.82. The highest BCUT2D eigenvalue weighted by Gasteiger charge is 2.25. The number of rotatable bonds is 7. The number of carbonyl (C=O) groups excluding carboxylic acids is 2. The van der Waals surface area contributed by atoms with Crippen LogP contribution in [-0.2, 0) is 14.3 Å². The molecule has 0 saturated carbocycles. The van der Waals surface area contributed by atoms with Crippen LogP contribution in [0.5, 0.6) is 5.75 Å². The Bertz CT molecular complexity index is 650. The third-order valence-electron chi connectivity index (χ3n) is 3.41. The lowest BCUT2D eigenvalue weighted by Crippen LogP contribution is -2.48. The molecular weight excluding hydrogens is 349 g/mol. The Balaban J connectivity index is 2.84. The molecule has 0 fully saturated rings. The highest BCUT2D eigenvalue weighted by molar-refractivity contribution is 6.30. The molecule has 0 spiro atoms. The first-order valence-electron chi connectivity index (χ1n) is 7.81. The lowest BCUT2D eigenvalue weighted by atomic mass is 10.0. The number of esters is 1. The minimum atomic E-state index is -0.785. The van der Waals surface area contributed by atoms with Gasteiger partial charge in [-0.1, -0.05) is 24.6 Å². The largest absolute Gasteiger partial charge is 0.481 e. The van der Waals surface area contributed by atoms with Crippen molar-refractivity contribution in [3.63, 3.8) is 0 Å². The van der Waals surface area contributed by atoms with Crippen LogP contribution < -0.4 is 10.1 Å². The number of ether oxygens (including phenoxy) is 2. The van der Waals surface area contributed by atoms with Crippen LogP contribution in [-0.4, -0.2) is 30.6 Å². The molecule has 1 rings (SSSR count). The van der Waals surface area contributed by atoms with Crippen molar-refractivity contribution in [2.45, 2.75) is 45.8 Å². The molecule has 1 amide bonds. The molecule has 1 N–H and O–H groups in total. The summed E-state index contributed by atoms with van der Waals surface area (Å²) in [5, 5.41) is 2.72. The van der Waals surface area contributed by atoms with E-state index in [1.54, 1.807) is 27.7 Å². The zero-order valence-electron chi connectivity index (χ0n) is 15.0. The van der Waals surface area contributed by atoms with Gasteiger partial charge in [0.25, 0.3) is 5.91 Å². The van der Waals surface area contributed by atoms with Crippen LogP contribution in [0.2, 0.25) is 5.02 Å². The number of methoxy groups -OCH3 is 1. The fraction of sp³-hybridized carbons (Fsp3) is 0.444. The average molecular weight is 372 g/mol. The standard InChI is InChI=1S/C18H23ClFNO4/c1-6-14(25-12-9-11(2)16(20)13(19)10-12)17(23)21-18(3,4)8-7-15(22)24-5/h7-10,14H,6H2,1-5H3,(H,21,23)/b8-7+/t14-/m1/s1. The molecule has 1 aromatic rings. The van der Waals surface area contributed by atoms with Crippen molar-refractivity contribution >= 4 is 23.5 Å². The molecule has 0 unspecified atom stereocenters. The second-order valence-corrected chi connectivity index (χ2v) is 6.53. The maximum absolute atomic E-state index is 13.6. The molecule has 0 aliphatic heterocycles. The quantitative estimate of drug-likeness (QED) is 0.588. The summed E-state index contributed by atoms with van der Waals surface area (Å²) in [4.78, 5) is 23.6. The van der Waals surface area contributed by atoms with Crippen molar-refractivity contribution in [1.29, 1.82) is 0 Å². The zero-order chi connectivity index (χ0) is 19.2. The van der Waals surface area contributed by atoms with E-state index >= 15 is 0 Å². The third-order valence-corrected chi connectivity index (χ3v) is 3.68. The van der Waals surface area contributed by atoms with Crippen LogP contribution in [0.1, 0.15) is 32.8 Å². The van der Waals surface area contributed by atoms with Crippen molar-refractivity contribution in [2.75, 3.05) is 7.11 Å². The molecule has 1 atom stereocenters. The van der Waals surface area contributed by atoms with Gasteiger partial charge in [0.15, 0.2) is 6.10 Å². The summed E-state index contributed by atoms with van der Waals surface area (Å²) >= 11 is 5.81. The van der Waals surface area contributed by atoms with Crippen LogP contribution >= 0.6 is 11.6 Å². The number of carbonyl (C=O) groups is 2. The molecule has 1 aromatic carbocycles. The van der Waals surface area contributed by atoms with Gasteiger partial charge in [-0.05, 0) is 38.8 Å². The summed E-state index contributed by atoms with van der Waals surface area (Å²) in [7, 11) is 1.27. The van der Waals surface area contributed by atoms with E-state index in [-0.39, 0.29) is 10.9 Å². The predicted molar refractivity (Wildman–Crippen MR) is 94.2 cm³/mol. The molecule has 25 heavy (non-hydrogen) atoms. The average Bonchev–Trinajstić information content (AvgIpc) is 2.54. The molecule has 0 aliphatic rings. The number of amides is 1. The zero-order valence-corrected chi connectivity index (χ0v) is 15.7.